The molecule has 0 aliphatic rings. The molecule has 0 radical (unpaired) electrons. The zero-order valence-electron chi connectivity index (χ0n) is 9.43. The molecule has 1 heterocycles. The number of aliphatic hydroxyl groups excluding tert-OH is 1. The number of hydrogen-bond donors (Lipinski definition) is 2. The van der Waals surface area contributed by atoms with Crippen molar-refractivity contribution in [2.24, 2.45) is 5.73 Å². The minimum atomic E-state index is -0.0916. The first-order chi connectivity index (χ1) is 7.74. The van der Waals surface area contributed by atoms with Crippen LogP contribution in [0.15, 0.2) is 24.3 Å². The zero-order valence-corrected chi connectivity index (χ0v) is 9.43. The lowest BCUT2D eigenvalue weighted by Gasteiger charge is -2.10. The molecule has 0 bridgehead atoms. The molecule has 86 valence electrons. The molecule has 4 heteroatoms. The Kier molecular flexibility index (Phi) is 3.22. The molecule has 4 nitrogen and oxygen atoms in total. The average molecular weight is 219 g/mol. The van der Waals surface area contributed by atoms with Crippen molar-refractivity contribution in [1.29, 1.82) is 0 Å². The van der Waals surface area contributed by atoms with Gasteiger partial charge in [0.25, 0.3) is 0 Å². The molecule has 0 saturated carbocycles. The molecular formula is C12H17N3O. The molecule has 0 amide bonds. The van der Waals surface area contributed by atoms with Crippen LogP contribution in [-0.2, 0) is 6.54 Å². The number of aryl methyl sites for hydroxylation is 1. The normalized spacial score (nSPS) is 13.2. The molecule has 1 atom stereocenters. The van der Waals surface area contributed by atoms with Gasteiger partial charge in [-0.15, -0.1) is 0 Å². The van der Waals surface area contributed by atoms with E-state index in [4.69, 9.17) is 10.8 Å². The second-order valence-corrected chi connectivity index (χ2v) is 3.98. The van der Waals surface area contributed by atoms with E-state index in [1.165, 1.54) is 0 Å². The summed E-state index contributed by atoms with van der Waals surface area (Å²) < 4.78 is 2.09. The number of benzene rings is 1. The van der Waals surface area contributed by atoms with Crippen LogP contribution in [-0.4, -0.2) is 21.3 Å². The van der Waals surface area contributed by atoms with E-state index in [1.54, 1.807) is 0 Å². The Hall–Kier alpha value is -1.39. The minimum absolute atomic E-state index is 0.0916. The molecule has 0 spiro atoms. The second kappa shape index (κ2) is 4.63. The molecule has 3 N–H and O–H groups in total. The van der Waals surface area contributed by atoms with Gasteiger partial charge < -0.3 is 15.4 Å². The summed E-state index contributed by atoms with van der Waals surface area (Å²) in [6.45, 7) is 2.87. The summed E-state index contributed by atoms with van der Waals surface area (Å²) in [5, 5.41) is 8.90. The van der Waals surface area contributed by atoms with E-state index in [0.717, 1.165) is 29.8 Å². The number of nitrogens with two attached hydrogens (primary N) is 1. The standard InChI is InChI=1S/C12H17N3O/c1-9(13)12-14-10-5-2-3-6-11(10)15(12)7-4-8-16/h2-3,5-6,9,16H,4,7-8,13H2,1H3. The van der Waals surface area contributed by atoms with Crippen molar-refractivity contribution in [1.82, 2.24) is 9.55 Å². The molecule has 2 aromatic rings. The van der Waals surface area contributed by atoms with E-state index in [9.17, 15) is 0 Å². The highest BCUT2D eigenvalue weighted by Gasteiger charge is 2.12. The second-order valence-electron chi connectivity index (χ2n) is 3.98. The predicted molar refractivity (Wildman–Crippen MR) is 64.0 cm³/mol. The third-order valence-electron chi connectivity index (χ3n) is 2.63. The van der Waals surface area contributed by atoms with Gasteiger partial charge in [-0.2, -0.15) is 0 Å². The number of nitrogens with zero attached hydrogens (tertiary/aromatic N) is 2. The van der Waals surface area contributed by atoms with Crippen LogP contribution in [0.4, 0.5) is 0 Å². The van der Waals surface area contributed by atoms with Crippen LogP contribution in [0.2, 0.25) is 0 Å². The van der Waals surface area contributed by atoms with E-state index in [1.807, 2.05) is 31.2 Å². The number of hydrogen-bond acceptors (Lipinski definition) is 3. The van der Waals surface area contributed by atoms with Gasteiger partial charge in [0, 0.05) is 13.2 Å². The largest absolute Gasteiger partial charge is 0.396 e. The summed E-state index contributed by atoms with van der Waals surface area (Å²) in [5.74, 6) is 0.884. The highest BCUT2D eigenvalue weighted by Crippen LogP contribution is 2.19. The van der Waals surface area contributed by atoms with Gasteiger partial charge >= 0.3 is 0 Å². The number of aliphatic hydroxyl groups is 1. The minimum Gasteiger partial charge on any atom is -0.396 e. The fourth-order valence-electron chi connectivity index (χ4n) is 1.91. The average Bonchev–Trinajstić information content (AvgIpc) is 2.65. The highest BCUT2D eigenvalue weighted by molar-refractivity contribution is 5.76. The fraction of sp³-hybridized carbons (Fsp3) is 0.417. The van der Waals surface area contributed by atoms with Gasteiger partial charge in [0.15, 0.2) is 0 Å². The molecule has 1 unspecified atom stereocenters. The Bertz CT molecular complexity index is 476. The van der Waals surface area contributed by atoms with Gasteiger partial charge in [-0.3, -0.25) is 0 Å². The Labute approximate surface area is 94.7 Å². The van der Waals surface area contributed by atoms with E-state index in [-0.39, 0.29) is 12.6 Å². The predicted octanol–water partition coefficient (Wildman–Crippen LogP) is 1.44. The number of imidazole rings is 1. The third kappa shape index (κ3) is 1.94. The summed E-state index contributed by atoms with van der Waals surface area (Å²) in [6.07, 6.45) is 0.722. The summed E-state index contributed by atoms with van der Waals surface area (Å²) in [4.78, 5) is 4.52. The molecule has 0 aliphatic heterocycles. The van der Waals surface area contributed by atoms with Crippen molar-refractivity contribution < 1.29 is 5.11 Å². The molecule has 0 saturated heterocycles. The molecule has 2 rings (SSSR count). The molecule has 16 heavy (non-hydrogen) atoms. The molecule has 1 aromatic heterocycles. The van der Waals surface area contributed by atoms with Crippen LogP contribution in [0.3, 0.4) is 0 Å². The van der Waals surface area contributed by atoms with E-state index in [0.29, 0.717) is 0 Å². The number of fused-ring (bicyclic) bond motifs is 1. The van der Waals surface area contributed by atoms with Crippen LogP contribution >= 0.6 is 0 Å². The quantitative estimate of drug-likeness (QED) is 0.817. The van der Waals surface area contributed by atoms with Crippen molar-refractivity contribution >= 4 is 11.0 Å². The van der Waals surface area contributed by atoms with Crippen molar-refractivity contribution in [3.05, 3.63) is 30.1 Å². The highest BCUT2D eigenvalue weighted by atomic mass is 16.3. The van der Waals surface area contributed by atoms with Gasteiger partial charge in [-0.05, 0) is 25.5 Å². The van der Waals surface area contributed by atoms with Crippen LogP contribution in [0.25, 0.3) is 11.0 Å². The summed E-state index contributed by atoms with van der Waals surface area (Å²) >= 11 is 0. The molecule has 1 aromatic carbocycles. The van der Waals surface area contributed by atoms with Gasteiger partial charge in [0.2, 0.25) is 0 Å². The van der Waals surface area contributed by atoms with Gasteiger partial charge in [-0.1, -0.05) is 12.1 Å². The Morgan fingerprint density at radius 1 is 1.44 bits per heavy atom. The first-order valence-corrected chi connectivity index (χ1v) is 5.55. The van der Waals surface area contributed by atoms with Crippen LogP contribution in [0, 0.1) is 0 Å². The lowest BCUT2D eigenvalue weighted by atomic mass is 10.3. The molecule has 0 aliphatic carbocycles. The summed E-state index contributed by atoms with van der Waals surface area (Å²) in [5.41, 5.74) is 7.96. The maximum Gasteiger partial charge on any atom is 0.126 e. The first kappa shape index (κ1) is 11.1. The topological polar surface area (TPSA) is 64.1 Å². The lowest BCUT2D eigenvalue weighted by Crippen LogP contribution is -2.14. The van der Waals surface area contributed by atoms with Crippen LogP contribution in [0.5, 0.6) is 0 Å². The SMILES string of the molecule is CC(N)c1nc2ccccc2n1CCCO. The Morgan fingerprint density at radius 3 is 2.88 bits per heavy atom. The number of para-hydroxylation sites is 2. The summed E-state index contributed by atoms with van der Waals surface area (Å²) in [7, 11) is 0. The Balaban J connectivity index is 2.51. The molecular weight excluding hydrogens is 202 g/mol. The Morgan fingerprint density at radius 2 is 2.19 bits per heavy atom. The van der Waals surface area contributed by atoms with Gasteiger partial charge in [0.05, 0.1) is 17.1 Å². The van der Waals surface area contributed by atoms with E-state index < -0.39 is 0 Å². The maximum atomic E-state index is 8.90. The number of rotatable bonds is 4. The van der Waals surface area contributed by atoms with Gasteiger partial charge in [-0.25, -0.2) is 4.98 Å². The lowest BCUT2D eigenvalue weighted by molar-refractivity contribution is 0.279. The van der Waals surface area contributed by atoms with Crippen molar-refractivity contribution in [3.63, 3.8) is 0 Å². The van der Waals surface area contributed by atoms with Crippen molar-refractivity contribution in [2.45, 2.75) is 25.9 Å². The van der Waals surface area contributed by atoms with Gasteiger partial charge in [0.1, 0.15) is 5.82 Å². The smallest absolute Gasteiger partial charge is 0.126 e. The maximum absolute atomic E-state index is 8.90. The van der Waals surface area contributed by atoms with Crippen LogP contribution in [0.1, 0.15) is 25.2 Å². The van der Waals surface area contributed by atoms with Crippen LogP contribution < -0.4 is 5.73 Å². The third-order valence-corrected chi connectivity index (χ3v) is 2.63. The first-order valence-electron chi connectivity index (χ1n) is 5.55. The number of aromatic nitrogens is 2. The molecule has 0 fully saturated rings. The zero-order chi connectivity index (χ0) is 11.5. The van der Waals surface area contributed by atoms with Crippen molar-refractivity contribution in [3.8, 4) is 0 Å². The fourth-order valence-corrected chi connectivity index (χ4v) is 1.91. The summed E-state index contributed by atoms with van der Waals surface area (Å²) in [6, 6.07) is 7.88. The van der Waals surface area contributed by atoms with Crippen molar-refractivity contribution in [2.75, 3.05) is 6.61 Å². The van der Waals surface area contributed by atoms with E-state index in [2.05, 4.69) is 9.55 Å². The van der Waals surface area contributed by atoms with E-state index >= 15 is 0 Å². The monoisotopic (exact) mass is 219 g/mol.